The molecule has 0 N–H and O–H groups in total. The maximum Gasteiger partial charge on any atom is 0.0901 e. The van der Waals surface area contributed by atoms with E-state index in [1.54, 1.807) is 0 Å². The van der Waals surface area contributed by atoms with Crippen molar-refractivity contribution < 1.29 is 0 Å². The van der Waals surface area contributed by atoms with Crippen LogP contribution in [0, 0.1) is 20.8 Å². The lowest BCUT2D eigenvalue weighted by Gasteiger charge is -2.34. The standard InChI is InChI=1S/C39H28N2.C16H16.C13H12.C2H6/c1-27-21-23-31(24-22-27)41-34-20-12-11-19-32(34)36-35(41)26-25-33-37(36)40-38(28-13-5-2-6-14-28)39(33,29-15-7-3-8-16-29)30-17-9-4-10-18-30;1-11-8-9-13-12-6-4-5-7-14(12)16(2,3)15(13)10-11;1-11-7-9-13(10-8-11)12-5-3-2-4-6-12;1-2/h2-26H,1H3;4-10H,1-3H3;2-10H,1H3;1-2H3. The highest BCUT2D eigenvalue weighted by Crippen LogP contribution is 2.55. The fraction of sp³-hybridized carbons (Fsp3) is 0.129. The van der Waals surface area contributed by atoms with Gasteiger partial charge in [0.25, 0.3) is 0 Å². The van der Waals surface area contributed by atoms with E-state index in [0.29, 0.717) is 0 Å². The van der Waals surface area contributed by atoms with E-state index in [9.17, 15) is 0 Å². The molecule has 0 saturated carbocycles. The quantitative estimate of drug-likeness (QED) is 0.164. The number of hydrogen-bond acceptors (Lipinski definition) is 1. The van der Waals surface area contributed by atoms with E-state index in [2.05, 4.69) is 282 Å². The molecule has 10 aromatic carbocycles. The normalized spacial score (nSPS) is 13.2. The van der Waals surface area contributed by atoms with Gasteiger partial charge in [0.2, 0.25) is 0 Å². The first-order valence-electron chi connectivity index (χ1n) is 25.5. The summed E-state index contributed by atoms with van der Waals surface area (Å²) in [5, 5.41) is 2.41. The number of aromatic nitrogens is 1. The fourth-order valence-corrected chi connectivity index (χ4v) is 11.0. The Balaban J connectivity index is 0.000000156. The SMILES string of the molecule is CC.Cc1ccc(-c2ccccc2)cc1.Cc1ccc(-n2c3ccccc3c3c4c(ccc32)C(c2ccccc2)(c2ccccc2)C(c2ccccc2)=N4)cc1.Cc1ccc2c(c1)C(C)(C)c1ccccc1-2. The summed E-state index contributed by atoms with van der Waals surface area (Å²) >= 11 is 0. The van der Waals surface area contributed by atoms with Gasteiger partial charge < -0.3 is 4.57 Å². The van der Waals surface area contributed by atoms with Crippen LogP contribution in [0.5, 0.6) is 0 Å². The number of nitrogens with zero attached hydrogens (tertiary/aromatic N) is 2. The van der Waals surface area contributed by atoms with Gasteiger partial charge in [-0.05, 0) is 101 Å². The van der Waals surface area contributed by atoms with Crippen molar-refractivity contribution in [3.05, 3.63) is 299 Å². The Bertz CT molecular complexity index is 3620. The Morgan fingerprint density at radius 3 is 1.49 bits per heavy atom. The first kappa shape index (κ1) is 47.4. The summed E-state index contributed by atoms with van der Waals surface area (Å²) < 4.78 is 2.38. The molecule has 1 aromatic heterocycles. The van der Waals surface area contributed by atoms with E-state index in [1.807, 2.05) is 19.9 Å². The molecule has 1 aliphatic heterocycles. The third-order valence-electron chi connectivity index (χ3n) is 14.4. The molecule has 2 aliphatic rings. The van der Waals surface area contributed by atoms with Gasteiger partial charge in [-0.25, -0.2) is 0 Å². The van der Waals surface area contributed by atoms with Crippen LogP contribution in [0.3, 0.4) is 0 Å². The summed E-state index contributed by atoms with van der Waals surface area (Å²) in [4.78, 5) is 5.63. The van der Waals surface area contributed by atoms with Crippen molar-refractivity contribution in [2.45, 2.75) is 59.3 Å². The Hall–Kier alpha value is -8.33. The van der Waals surface area contributed by atoms with Gasteiger partial charge in [-0.2, -0.15) is 0 Å². The van der Waals surface area contributed by atoms with Crippen LogP contribution in [-0.4, -0.2) is 10.3 Å². The topological polar surface area (TPSA) is 17.3 Å². The van der Waals surface area contributed by atoms with E-state index in [-0.39, 0.29) is 5.41 Å². The van der Waals surface area contributed by atoms with Gasteiger partial charge in [-0.1, -0.05) is 269 Å². The monoisotopic (exact) mass is 930 g/mol. The molecule has 0 unspecified atom stereocenters. The minimum atomic E-state index is -0.555. The van der Waals surface area contributed by atoms with Crippen LogP contribution in [0.1, 0.15) is 77.8 Å². The first-order valence-corrected chi connectivity index (χ1v) is 25.5. The number of benzene rings is 10. The summed E-state index contributed by atoms with van der Waals surface area (Å²) in [5.74, 6) is 0. The van der Waals surface area contributed by atoms with Crippen molar-refractivity contribution in [1.82, 2.24) is 4.57 Å². The van der Waals surface area contributed by atoms with Gasteiger partial charge >= 0.3 is 0 Å². The van der Waals surface area contributed by atoms with Crippen LogP contribution in [0.2, 0.25) is 0 Å². The number of para-hydroxylation sites is 1. The van der Waals surface area contributed by atoms with Gasteiger partial charge in [-0.3, -0.25) is 4.99 Å². The molecule has 0 bridgehead atoms. The molecule has 13 rings (SSSR count). The lowest BCUT2D eigenvalue weighted by molar-refractivity contribution is 0.660. The maximum absolute atomic E-state index is 5.63. The molecule has 2 heterocycles. The van der Waals surface area contributed by atoms with Crippen molar-refractivity contribution in [3.63, 3.8) is 0 Å². The van der Waals surface area contributed by atoms with Crippen molar-refractivity contribution in [3.8, 4) is 27.9 Å². The van der Waals surface area contributed by atoms with E-state index < -0.39 is 5.41 Å². The van der Waals surface area contributed by atoms with Crippen LogP contribution in [0.25, 0.3) is 49.7 Å². The largest absolute Gasteiger partial charge is 0.309 e. The van der Waals surface area contributed by atoms with Crippen molar-refractivity contribution in [2.24, 2.45) is 4.99 Å². The van der Waals surface area contributed by atoms with Crippen LogP contribution in [-0.2, 0) is 10.8 Å². The molecule has 0 spiro atoms. The zero-order valence-corrected chi connectivity index (χ0v) is 42.6. The fourth-order valence-electron chi connectivity index (χ4n) is 11.0. The second-order valence-corrected chi connectivity index (χ2v) is 19.3. The predicted octanol–water partition coefficient (Wildman–Crippen LogP) is 18.6. The van der Waals surface area contributed by atoms with Crippen LogP contribution >= 0.6 is 0 Å². The minimum absolute atomic E-state index is 0.151. The molecular formula is C70H62N2. The molecule has 2 heteroatoms. The van der Waals surface area contributed by atoms with Crippen molar-refractivity contribution in [2.75, 3.05) is 0 Å². The summed E-state index contributed by atoms with van der Waals surface area (Å²) in [5.41, 5.74) is 22.2. The molecule has 0 radical (unpaired) electrons. The molecule has 0 saturated heterocycles. The maximum atomic E-state index is 5.63. The minimum Gasteiger partial charge on any atom is -0.309 e. The van der Waals surface area contributed by atoms with E-state index in [0.717, 1.165) is 22.6 Å². The van der Waals surface area contributed by atoms with Crippen molar-refractivity contribution in [1.29, 1.82) is 0 Å². The van der Waals surface area contributed by atoms with Gasteiger partial charge in [0.15, 0.2) is 0 Å². The van der Waals surface area contributed by atoms with Gasteiger partial charge in [0, 0.05) is 21.9 Å². The number of aryl methyl sites for hydroxylation is 3. The van der Waals surface area contributed by atoms with Crippen LogP contribution in [0.15, 0.2) is 254 Å². The number of hydrogen-bond donors (Lipinski definition) is 0. The lowest BCUT2D eigenvalue weighted by atomic mass is 9.65. The van der Waals surface area contributed by atoms with E-state index in [4.69, 9.17) is 4.99 Å². The summed E-state index contributed by atoms with van der Waals surface area (Å²) in [6, 6.07) is 89.2. The molecule has 1 aliphatic carbocycles. The number of fused-ring (bicyclic) bond motifs is 8. The molecular weight excluding hydrogens is 869 g/mol. The summed E-state index contributed by atoms with van der Waals surface area (Å²) in [6.45, 7) is 15.0. The second kappa shape index (κ2) is 20.2. The highest BCUT2D eigenvalue weighted by molar-refractivity contribution is 6.23. The third kappa shape index (κ3) is 8.47. The number of rotatable bonds is 5. The number of aliphatic imine (C=N–C) groups is 1. The summed E-state index contributed by atoms with van der Waals surface area (Å²) in [7, 11) is 0. The first-order chi connectivity index (χ1) is 35.2. The second-order valence-electron chi connectivity index (χ2n) is 19.3. The third-order valence-corrected chi connectivity index (χ3v) is 14.4. The Kier molecular flexibility index (Phi) is 13.3. The predicted molar refractivity (Wildman–Crippen MR) is 308 cm³/mol. The van der Waals surface area contributed by atoms with E-state index >= 15 is 0 Å². The molecule has 0 fully saturated rings. The Morgan fingerprint density at radius 1 is 0.375 bits per heavy atom. The molecule has 11 aromatic rings. The van der Waals surface area contributed by atoms with Gasteiger partial charge in [-0.15, -0.1) is 0 Å². The molecule has 2 nitrogen and oxygen atoms in total. The zero-order valence-electron chi connectivity index (χ0n) is 42.6. The van der Waals surface area contributed by atoms with Gasteiger partial charge in [0.1, 0.15) is 0 Å². The highest BCUT2D eigenvalue weighted by atomic mass is 15.0. The summed E-state index contributed by atoms with van der Waals surface area (Å²) in [6.07, 6.45) is 0. The average Bonchev–Trinajstić information content (AvgIpc) is 4.05. The van der Waals surface area contributed by atoms with Crippen molar-refractivity contribution >= 4 is 33.2 Å². The van der Waals surface area contributed by atoms with Gasteiger partial charge in [0.05, 0.1) is 27.8 Å². The zero-order chi connectivity index (χ0) is 49.8. The Labute approximate surface area is 426 Å². The highest BCUT2D eigenvalue weighted by Gasteiger charge is 2.48. The van der Waals surface area contributed by atoms with E-state index in [1.165, 1.54) is 88.6 Å². The molecule has 72 heavy (non-hydrogen) atoms. The molecule has 0 amide bonds. The van der Waals surface area contributed by atoms with Crippen LogP contribution in [0.4, 0.5) is 5.69 Å². The average molecular weight is 931 g/mol. The Morgan fingerprint density at radius 2 is 0.861 bits per heavy atom. The molecule has 352 valence electrons. The van der Waals surface area contributed by atoms with Crippen LogP contribution < -0.4 is 0 Å². The lowest BCUT2D eigenvalue weighted by Crippen LogP contribution is -2.36. The molecule has 0 atom stereocenters. The smallest absolute Gasteiger partial charge is 0.0901 e.